The van der Waals surface area contributed by atoms with Gasteiger partial charge in [0.2, 0.25) is 5.91 Å². The molecular formula is C15H28N2O3. The fourth-order valence-electron chi connectivity index (χ4n) is 3.05. The Morgan fingerprint density at radius 2 is 1.80 bits per heavy atom. The summed E-state index contributed by atoms with van der Waals surface area (Å²) in [6.45, 7) is 6.84. The molecule has 1 saturated carbocycles. The topological polar surface area (TPSA) is 78.4 Å². The van der Waals surface area contributed by atoms with Gasteiger partial charge in [-0.15, -0.1) is 0 Å². The molecule has 5 heteroatoms. The van der Waals surface area contributed by atoms with Crippen LogP contribution in [0.3, 0.4) is 0 Å². The molecular weight excluding hydrogens is 256 g/mol. The number of likely N-dealkylation sites (N-methyl/N-ethyl adjacent to an activating group) is 1. The molecule has 1 rings (SSSR count). The van der Waals surface area contributed by atoms with E-state index in [-0.39, 0.29) is 17.7 Å². The van der Waals surface area contributed by atoms with Crippen molar-refractivity contribution in [1.82, 2.24) is 10.6 Å². The fraction of sp³-hybridized carbons (Fsp3) is 0.867. The molecule has 0 saturated heterocycles. The molecule has 0 aromatic carbocycles. The van der Waals surface area contributed by atoms with Gasteiger partial charge in [-0.1, -0.05) is 26.2 Å². The van der Waals surface area contributed by atoms with E-state index in [0.717, 1.165) is 38.6 Å². The monoisotopic (exact) mass is 284 g/mol. The Bertz CT molecular complexity index is 347. The van der Waals surface area contributed by atoms with E-state index < -0.39 is 11.5 Å². The van der Waals surface area contributed by atoms with Crippen LogP contribution in [0.25, 0.3) is 0 Å². The normalized spacial score (nSPS) is 18.6. The minimum Gasteiger partial charge on any atom is -0.481 e. The first-order valence-corrected chi connectivity index (χ1v) is 7.56. The molecule has 0 aliphatic heterocycles. The summed E-state index contributed by atoms with van der Waals surface area (Å²) in [5.41, 5.74) is -0.879. The maximum absolute atomic E-state index is 12.2. The molecule has 3 N–H and O–H groups in total. The molecule has 0 heterocycles. The zero-order chi connectivity index (χ0) is 15.2. The highest BCUT2D eigenvalue weighted by molar-refractivity contribution is 5.85. The van der Waals surface area contributed by atoms with Crippen LogP contribution in [0.2, 0.25) is 0 Å². The van der Waals surface area contributed by atoms with E-state index in [9.17, 15) is 9.59 Å². The number of carbonyl (C=O) groups excluding carboxylic acids is 1. The molecule has 20 heavy (non-hydrogen) atoms. The third-order valence-electron chi connectivity index (χ3n) is 4.25. The second kappa shape index (κ2) is 7.07. The molecule has 5 nitrogen and oxygen atoms in total. The van der Waals surface area contributed by atoms with Gasteiger partial charge < -0.3 is 15.7 Å². The van der Waals surface area contributed by atoms with Crippen molar-refractivity contribution in [2.75, 3.05) is 13.1 Å². The number of rotatable bonds is 7. The highest BCUT2D eigenvalue weighted by Crippen LogP contribution is 2.38. The summed E-state index contributed by atoms with van der Waals surface area (Å²) >= 11 is 0. The highest BCUT2D eigenvalue weighted by atomic mass is 16.4. The van der Waals surface area contributed by atoms with Gasteiger partial charge in [-0.2, -0.15) is 0 Å². The summed E-state index contributed by atoms with van der Waals surface area (Å²) in [5, 5.41) is 15.2. The average molecular weight is 284 g/mol. The van der Waals surface area contributed by atoms with Crippen LogP contribution in [0.4, 0.5) is 0 Å². The van der Waals surface area contributed by atoms with Crippen LogP contribution < -0.4 is 10.6 Å². The lowest BCUT2D eigenvalue weighted by Gasteiger charge is -2.37. The van der Waals surface area contributed by atoms with E-state index in [4.69, 9.17) is 5.11 Å². The quantitative estimate of drug-likeness (QED) is 0.667. The molecule has 1 aliphatic carbocycles. The van der Waals surface area contributed by atoms with Gasteiger partial charge in [-0.3, -0.25) is 9.59 Å². The number of nitrogens with one attached hydrogen (secondary N) is 2. The first-order valence-electron chi connectivity index (χ1n) is 7.56. The first kappa shape index (κ1) is 17.0. The largest absolute Gasteiger partial charge is 0.481 e. The van der Waals surface area contributed by atoms with Gasteiger partial charge in [0, 0.05) is 6.54 Å². The van der Waals surface area contributed by atoms with Gasteiger partial charge in [0.1, 0.15) is 0 Å². The SMILES string of the molecule is CCNC(C)(C)C(=O)NCC1(CC(=O)O)CCCCC1. The Labute approximate surface area is 121 Å². The van der Waals surface area contributed by atoms with Gasteiger partial charge in [0.25, 0.3) is 0 Å². The zero-order valence-corrected chi connectivity index (χ0v) is 12.9. The molecule has 0 unspecified atom stereocenters. The lowest BCUT2D eigenvalue weighted by Crippen LogP contribution is -2.54. The predicted molar refractivity (Wildman–Crippen MR) is 78.5 cm³/mol. The van der Waals surface area contributed by atoms with E-state index in [0.29, 0.717) is 6.54 Å². The number of amides is 1. The number of carbonyl (C=O) groups is 2. The van der Waals surface area contributed by atoms with Crippen molar-refractivity contribution in [1.29, 1.82) is 0 Å². The number of hydrogen-bond acceptors (Lipinski definition) is 3. The minimum absolute atomic E-state index is 0.0605. The maximum atomic E-state index is 12.2. The highest BCUT2D eigenvalue weighted by Gasteiger charge is 2.36. The van der Waals surface area contributed by atoms with Gasteiger partial charge in [-0.05, 0) is 38.6 Å². The van der Waals surface area contributed by atoms with Crippen molar-refractivity contribution >= 4 is 11.9 Å². The lowest BCUT2D eigenvalue weighted by molar-refractivity contribution is -0.141. The van der Waals surface area contributed by atoms with Crippen molar-refractivity contribution < 1.29 is 14.7 Å². The van der Waals surface area contributed by atoms with Crippen molar-refractivity contribution in [2.45, 2.75) is 64.8 Å². The van der Waals surface area contributed by atoms with Crippen molar-refractivity contribution in [2.24, 2.45) is 5.41 Å². The molecule has 1 fully saturated rings. The Kier molecular flexibility index (Phi) is 5.99. The van der Waals surface area contributed by atoms with Crippen LogP contribution in [0.15, 0.2) is 0 Å². The standard InChI is InChI=1S/C15H28N2O3/c1-4-17-14(2,3)13(20)16-11-15(10-12(18)19)8-6-5-7-9-15/h17H,4-11H2,1-3H3,(H,16,20)(H,18,19). The van der Waals surface area contributed by atoms with Crippen LogP contribution in [-0.2, 0) is 9.59 Å². The van der Waals surface area contributed by atoms with Gasteiger partial charge in [0.05, 0.1) is 12.0 Å². The second-order valence-electron chi connectivity index (χ2n) is 6.47. The van der Waals surface area contributed by atoms with Crippen LogP contribution in [-0.4, -0.2) is 35.6 Å². The third-order valence-corrected chi connectivity index (χ3v) is 4.25. The minimum atomic E-state index is -0.771. The van der Waals surface area contributed by atoms with Crippen LogP contribution >= 0.6 is 0 Å². The number of hydrogen-bond donors (Lipinski definition) is 3. The maximum Gasteiger partial charge on any atom is 0.303 e. The summed E-state index contributed by atoms with van der Waals surface area (Å²) in [4.78, 5) is 23.3. The molecule has 1 amide bonds. The number of carboxylic acid groups (broad SMARTS) is 1. The lowest BCUT2D eigenvalue weighted by atomic mass is 9.71. The molecule has 1 aliphatic rings. The summed E-state index contributed by atoms with van der Waals surface area (Å²) < 4.78 is 0. The van der Waals surface area contributed by atoms with E-state index in [1.165, 1.54) is 0 Å². The first-order chi connectivity index (χ1) is 9.31. The Hall–Kier alpha value is -1.10. The van der Waals surface area contributed by atoms with Gasteiger partial charge in [-0.25, -0.2) is 0 Å². The summed E-state index contributed by atoms with van der Waals surface area (Å²) in [6, 6.07) is 0. The Morgan fingerprint density at radius 3 is 2.30 bits per heavy atom. The summed E-state index contributed by atoms with van der Waals surface area (Å²) in [7, 11) is 0. The van der Waals surface area contributed by atoms with Crippen molar-refractivity contribution in [3.05, 3.63) is 0 Å². The second-order valence-corrected chi connectivity index (χ2v) is 6.47. The van der Waals surface area contributed by atoms with E-state index in [2.05, 4.69) is 10.6 Å². The van der Waals surface area contributed by atoms with Gasteiger partial charge >= 0.3 is 5.97 Å². The van der Waals surface area contributed by atoms with E-state index in [1.54, 1.807) is 0 Å². The summed E-state index contributed by atoms with van der Waals surface area (Å²) in [5.74, 6) is -0.832. The Morgan fingerprint density at radius 1 is 1.20 bits per heavy atom. The van der Waals surface area contributed by atoms with Crippen LogP contribution in [0.1, 0.15) is 59.3 Å². The zero-order valence-electron chi connectivity index (χ0n) is 12.9. The Balaban J connectivity index is 2.62. The molecule has 0 radical (unpaired) electrons. The molecule has 0 aromatic heterocycles. The molecule has 0 bridgehead atoms. The van der Waals surface area contributed by atoms with Crippen LogP contribution in [0.5, 0.6) is 0 Å². The molecule has 116 valence electrons. The average Bonchev–Trinajstić information content (AvgIpc) is 2.36. The molecule has 0 atom stereocenters. The van der Waals surface area contributed by atoms with Crippen molar-refractivity contribution in [3.63, 3.8) is 0 Å². The van der Waals surface area contributed by atoms with E-state index in [1.807, 2.05) is 20.8 Å². The smallest absolute Gasteiger partial charge is 0.303 e. The third kappa shape index (κ3) is 4.78. The molecule has 0 spiro atoms. The fourth-order valence-corrected chi connectivity index (χ4v) is 3.05. The predicted octanol–water partition coefficient (Wildman–Crippen LogP) is 1.92. The summed E-state index contributed by atoms with van der Waals surface area (Å²) in [6.07, 6.45) is 5.20. The van der Waals surface area contributed by atoms with E-state index >= 15 is 0 Å². The number of carboxylic acids is 1. The van der Waals surface area contributed by atoms with Crippen molar-refractivity contribution in [3.8, 4) is 0 Å². The van der Waals surface area contributed by atoms with Gasteiger partial charge in [0.15, 0.2) is 0 Å². The van der Waals surface area contributed by atoms with Crippen LogP contribution in [0, 0.1) is 5.41 Å². The molecule has 0 aromatic rings. The number of aliphatic carboxylic acids is 1.